The zero-order valence-electron chi connectivity index (χ0n) is 6.79. The van der Waals surface area contributed by atoms with Crippen molar-refractivity contribution in [2.45, 2.75) is 11.5 Å². The van der Waals surface area contributed by atoms with Crippen molar-refractivity contribution in [2.75, 3.05) is 0 Å². The van der Waals surface area contributed by atoms with E-state index in [0.717, 1.165) is 0 Å². The Balaban J connectivity index is 3.50. The van der Waals surface area contributed by atoms with Crippen molar-refractivity contribution < 1.29 is 26.7 Å². The van der Waals surface area contributed by atoms with Crippen LogP contribution in [-0.2, 0) is 9.05 Å². The molecule has 15 heavy (non-hydrogen) atoms. The summed E-state index contributed by atoms with van der Waals surface area (Å²) in [6.45, 7) is 0. The van der Waals surface area contributed by atoms with E-state index in [-0.39, 0.29) is 6.07 Å². The third-order valence-corrected chi connectivity index (χ3v) is 2.58. The van der Waals surface area contributed by atoms with E-state index < -0.39 is 37.8 Å². The molecule has 1 rings (SSSR count). The summed E-state index contributed by atoms with van der Waals surface area (Å²) >= 11 is 0. The Morgan fingerprint density at radius 1 is 1.47 bits per heavy atom. The van der Waals surface area contributed by atoms with E-state index in [4.69, 9.17) is 15.8 Å². The van der Waals surface area contributed by atoms with Crippen LogP contribution in [0.3, 0.4) is 0 Å². The van der Waals surface area contributed by atoms with E-state index >= 15 is 0 Å². The van der Waals surface area contributed by atoms with Gasteiger partial charge in [-0.3, -0.25) is 0 Å². The molecule has 1 N–H and O–H groups in total. The number of hydrogen-bond acceptors (Lipinski definition) is 4. The first-order chi connectivity index (χ1) is 6.73. The molecule has 0 bridgehead atoms. The minimum Gasteiger partial charge on any atom is -0.506 e. The van der Waals surface area contributed by atoms with Crippen LogP contribution < -0.4 is 0 Å². The minimum absolute atomic E-state index is 0.212. The van der Waals surface area contributed by atoms with E-state index in [2.05, 4.69) is 4.98 Å². The molecule has 0 fully saturated rings. The Kier molecular flexibility index (Phi) is 3.10. The monoisotopic (exact) mass is 261 g/mol. The maximum absolute atomic E-state index is 12.9. The summed E-state index contributed by atoms with van der Waals surface area (Å²) in [7, 11) is 0.171. The summed E-state index contributed by atoms with van der Waals surface area (Å²) in [6, 6.07) is 0.212. The lowest BCUT2D eigenvalue weighted by Crippen LogP contribution is -2.03. The Labute approximate surface area is 86.7 Å². The number of halogens is 4. The number of hydrogen-bond donors (Lipinski definition) is 1. The molecule has 1 heterocycles. The minimum atomic E-state index is -4.56. The standard InChI is InChI=1S/C6H3ClF3NO3S/c7-15(13,14)6-2(8)1-3(12)4(11-6)5(9)10/h1,5,12H. The lowest BCUT2D eigenvalue weighted by molar-refractivity contribution is 0.140. The number of aromatic hydroxyl groups is 1. The van der Waals surface area contributed by atoms with Gasteiger partial charge in [0, 0.05) is 16.7 Å². The summed E-state index contributed by atoms with van der Waals surface area (Å²) in [5.74, 6) is -2.63. The lowest BCUT2D eigenvalue weighted by Gasteiger charge is -2.04. The van der Waals surface area contributed by atoms with Crippen molar-refractivity contribution in [3.8, 4) is 5.75 Å². The molecular weight excluding hydrogens is 259 g/mol. The van der Waals surface area contributed by atoms with Crippen molar-refractivity contribution in [3.05, 3.63) is 17.6 Å². The zero-order valence-corrected chi connectivity index (χ0v) is 8.36. The van der Waals surface area contributed by atoms with Gasteiger partial charge in [0.2, 0.25) is 5.03 Å². The van der Waals surface area contributed by atoms with E-state index in [9.17, 15) is 21.6 Å². The van der Waals surface area contributed by atoms with Gasteiger partial charge in [-0.15, -0.1) is 0 Å². The largest absolute Gasteiger partial charge is 0.506 e. The highest BCUT2D eigenvalue weighted by atomic mass is 35.7. The lowest BCUT2D eigenvalue weighted by atomic mass is 10.3. The van der Waals surface area contributed by atoms with Gasteiger partial charge >= 0.3 is 0 Å². The van der Waals surface area contributed by atoms with Gasteiger partial charge in [-0.2, -0.15) is 0 Å². The quantitative estimate of drug-likeness (QED) is 0.824. The molecule has 0 aliphatic heterocycles. The van der Waals surface area contributed by atoms with Crippen LogP contribution in [0.1, 0.15) is 12.1 Å². The topological polar surface area (TPSA) is 67.3 Å². The molecular formula is C6H3ClF3NO3S. The van der Waals surface area contributed by atoms with E-state index in [0.29, 0.717) is 0 Å². The maximum atomic E-state index is 12.9. The van der Waals surface area contributed by atoms with Crippen LogP contribution in [0.4, 0.5) is 13.2 Å². The Hall–Kier alpha value is -1.02. The average Bonchev–Trinajstić information content (AvgIpc) is 2.00. The molecule has 0 spiro atoms. The second kappa shape index (κ2) is 3.86. The third-order valence-electron chi connectivity index (χ3n) is 1.39. The average molecular weight is 262 g/mol. The zero-order chi connectivity index (χ0) is 11.8. The normalized spacial score (nSPS) is 12.1. The molecule has 0 saturated heterocycles. The highest BCUT2D eigenvalue weighted by Gasteiger charge is 2.24. The fraction of sp³-hybridized carbons (Fsp3) is 0.167. The van der Waals surface area contributed by atoms with Gasteiger partial charge in [-0.05, 0) is 0 Å². The Morgan fingerprint density at radius 2 is 2.00 bits per heavy atom. The molecule has 84 valence electrons. The molecule has 0 amide bonds. The summed E-state index contributed by atoms with van der Waals surface area (Å²) in [6.07, 6.45) is -3.23. The van der Waals surface area contributed by atoms with Gasteiger partial charge in [0.1, 0.15) is 11.4 Å². The van der Waals surface area contributed by atoms with Crippen LogP contribution in [0.25, 0.3) is 0 Å². The van der Waals surface area contributed by atoms with Gasteiger partial charge in [0.25, 0.3) is 15.5 Å². The molecule has 0 unspecified atom stereocenters. The SMILES string of the molecule is O=S(=O)(Cl)c1nc(C(F)F)c(O)cc1F. The molecule has 1 aromatic heterocycles. The van der Waals surface area contributed by atoms with Crippen molar-refractivity contribution in [3.63, 3.8) is 0 Å². The molecule has 0 aromatic carbocycles. The second-order valence-corrected chi connectivity index (χ2v) is 4.90. The highest BCUT2D eigenvalue weighted by Crippen LogP contribution is 2.29. The molecule has 0 aliphatic carbocycles. The molecule has 4 nitrogen and oxygen atoms in total. The third kappa shape index (κ3) is 2.51. The van der Waals surface area contributed by atoms with Crippen LogP contribution >= 0.6 is 10.7 Å². The first-order valence-electron chi connectivity index (χ1n) is 3.35. The maximum Gasteiger partial charge on any atom is 0.284 e. The summed E-state index contributed by atoms with van der Waals surface area (Å²) in [5, 5.41) is 7.50. The molecule has 0 radical (unpaired) electrons. The highest BCUT2D eigenvalue weighted by molar-refractivity contribution is 8.13. The number of nitrogens with zero attached hydrogens (tertiary/aromatic N) is 1. The number of pyridine rings is 1. The van der Waals surface area contributed by atoms with Crippen LogP contribution in [-0.4, -0.2) is 18.5 Å². The van der Waals surface area contributed by atoms with Crippen molar-refractivity contribution in [1.82, 2.24) is 4.98 Å². The van der Waals surface area contributed by atoms with Gasteiger partial charge in [0.15, 0.2) is 5.82 Å². The predicted molar refractivity (Wildman–Crippen MR) is 43.9 cm³/mol. The first kappa shape index (κ1) is 12.1. The van der Waals surface area contributed by atoms with E-state index in [1.54, 1.807) is 0 Å². The van der Waals surface area contributed by atoms with Crippen LogP contribution in [0.2, 0.25) is 0 Å². The summed E-state index contributed by atoms with van der Waals surface area (Å²) in [4.78, 5) is 2.75. The molecule has 0 saturated carbocycles. The second-order valence-electron chi connectivity index (χ2n) is 2.42. The molecule has 1 aromatic rings. The van der Waals surface area contributed by atoms with Crippen molar-refractivity contribution in [2.24, 2.45) is 0 Å². The van der Waals surface area contributed by atoms with Crippen LogP contribution in [0, 0.1) is 5.82 Å². The fourth-order valence-electron chi connectivity index (χ4n) is 0.807. The Bertz CT molecular complexity index is 491. The molecule has 0 atom stereocenters. The Morgan fingerprint density at radius 3 is 2.40 bits per heavy atom. The van der Waals surface area contributed by atoms with Crippen LogP contribution in [0.5, 0.6) is 5.75 Å². The van der Waals surface area contributed by atoms with Gasteiger partial charge < -0.3 is 5.11 Å². The van der Waals surface area contributed by atoms with E-state index in [1.807, 2.05) is 0 Å². The molecule has 9 heteroatoms. The van der Waals surface area contributed by atoms with Gasteiger partial charge in [0.05, 0.1) is 0 Å². The summed E-state index contributed by atoms with van der Waals surface area (Å²) < 4.78 is 58.5. The van der Waals surface area contributed by atoms with E-state index in [1.165, 1.54) is 0 Å². The van der Waals surface area contributed by atoms with Crippen molar-refractivity contribution >= 4 is 19.7 Å². The first-order valence-corrected chi connectivity index (χ1v) is 5.66. The summed E-state index contributed by atoms with van der Waals surface area (Å²) in [5.41, 5.74) is -1.24. The fourth-order valence-corrected chi connectivity index (χ4v) is 1.63. The van der Waals surface area contributed by atoms with Crippen molar-refractivity contribution in [1.29, 1.82) is 0 Å². The van der Waals surface area contributed by atoms with Gasteiger partial charge in [-0.1, -0.05) is 0 Å². The smallest absolute Gasteiger partial charge is 0.284 e. The van der Waals surface area contributed by atoms with Crippen LogP contribution in [0.15, 0.2) is 11.1 Å². The predicted octanol–water partition coefficient (Wildman–Crippen LogP) is 1.79. The molecule has 0 aliphatic rings. The number of rotatable bonds is 2. The van der Waals surface area contributed by atoms with Gasteiger partial charge in [-0.25, -0.2) is 26.6 Å². The number of aromatic nitrogens is 1. The number of alkyl halides is 2.